The number of amides is 3. The third-order valence-electron chi connectivity index (χ3n) is 5.08. The molecule has 0 fully saturated rings. The zero-order valence-electron chi connectivity index (χ0n) is 22.3. The molecule has 9 nitrogen and oxygen atoms in total. The van der Waals surface area contributed by atoms with Crippen molar-refractivity contribution >= 4 is 34.9 Å². The normalized spacial score (nSPS) is 10.6. The van der Waals surface area contributed by atoms with Crippen molar-refractivity contribution in [3.63, 3.8) is 0 Å². The number of unbranched alkanes of at least 4 members (excludes halogenated alkanes) is 4. The average molecular weight is 597 g/mol. The van der Waals surface area contributed by atoms with E-state index in [1.807, 2.05) is 0 Å². The van der Waals surface area contributed by atoms with Gasteiger partial charge in [0.25, 0.3) is 0 Å². The molecular formula is C28H32ClF3N4O5. The highest BCUT2D eigenvalue weighted by Gasteiger charge is 2.15. The molecule has 1 heterocycles. The second-order valence-corrected chi connectivity index (χ2v) is 9.16. The predicted molar refractivity (Wildman–Crippen MR) is 150 cm³/mol. The summed E-state index contributed by atoms with van der Waals surface area (Å²) in [5.74, 6) is 1.31. The molecule has 222 valence electrons. The van der Waals surface area contributed by atoms with Crippen LogP contribution >= 0.6 is 11.6 Å². The number of nitrogens with one attached hydrogen (secondary N) is 3. The second kappa shape index (κ2) is 17.6. The fraction of sp³-hybridized carbons (Fsp3) is 0.321. The Hall–Kier alpha value is -4.03. The summed E-state index contributed by atoms with van der Waals surface area (Å²) < 4.78 is 42.7. The molecule has 2 aromatic carbocycles. The summed E-state index contributed by atoms with van der Waals surface area (Å²) in [5.41, 5.74) is 2.89. The van der Waals surface area contributed by atoms with Gasteiger partial charge in [-0.1, -0.05) is 30.9 Å². The summed E-state index contributed by atoms with van der Waals surface area (Å²) in [7, 11) is 0. The molecule has 0 bridgehead atoms. The Morgan fingerprint density at radius 2 is 1.44 bits per heavy atom. The summed E-state index contributed by atoms with van der Waals surface area (Å²) in [5, 5.41) is 14.5. The average Bonchev–Trinajstić information content (AvgIpc) is 2.91. The van der Waals surface area contributed by atoms with E-state index in [-0.39, 0.29) is 18.9 Å². The molecule has 0 saturated heterocycles. The lowest BCUT2D eigenvalue weighted by atomic mass is 10.1. The number of hydroxylamine groups is 1. The highest BCUT2D eigenvalue weighted by atomic mass is 35.5. The van der Waals surface area contributed by atoms with Gasteiger partial charge in [0.05, 0.1) is 6.61 Å². The van der Waals surface area contributed by atoms with E-state index in [9.17, 15) is 22.8 Å². The number of halogens is 4. The van der Waals surface area contributed by atoms with Crippen LogP contribution in [0.25, 0.3) is 0 Å². The quantitative estimate of drug-likeness (QED) is 0.0902. The maximum atomic E-state index is 12.2. The zero-order valence-corrected chi connectivity index (χ0v) is 23.1. The summed E-state index contributed by atoms with van der Waals surface area (Å²) in [4.78, 5) is 27.3. The standard InChI is InChI=1S/C26H29ClN4O5.C2H3F3/c27-19-7-9-20(10-8-19)29-26(33)30-21-11-13-22(14-12-21)36-23-15-16-28-25(18-23)35-17-5-3-1-2-4-6-24(32)31-34;1-2(3,4)5/h7-16,18,34H,1-6,17H2,(H,31,32)(H2,29,30,33);1H3. The minimum atomic E-state index is -4.00. The highest BCUT2D eigenvalue weighted by molar-refractivity contribution is 6.30. The number of aromatic nitrogens is 1. The van der Waals surface area contributed by atoms with Gasteiger partial charge in [0.2, 0.25) is 11.8 Å². The fourth-order valence-corrected chi connectivity index (χ4v) is 3.38. The zero-order chi connectivity index (χ0) is 30.1. The number of rotatable bonds is 13. The van der Waals surface area contributed by atoms with Crippen molar-refractivity contribution in [3.8, 4) is 17.4 Å². The highest BCUT2D eigenvalue weighted by Crippen LogP contribution is 2.25. The van der Waals surface area contributed by atoms with Crippen LogP contribution < -0.4 is 25.6 Å². The number of hydrogen-bond donors (Lipinski definition) is 4. The number of urea groups is 1. The van der Waals surface area contributed by atoms with E-state index < -0.39 is 6.18 Å². The number of carbonyl (C=O) groups is 2. The third kappa shape index (κ3) is 16.0. The Bertz CT molecular complexity index is 1210. The van der Waals surface area contributed by atoms with Gasteiger partial charge >= 0.3 is 12.2 Å². The van der Waals surface area contributed by atoms with Crippen LogP contribution in [0.4, 0.5) is 29.3 Å². The number of pyridine rings is 1. The molecule has 0 radical (unpaired) electrons. The number of alkyl halides is 3. The molecule has 1 aromatic heterocycles. The molecular weight excluding hydrogens is 565 g/mol. The molecule has 0 unspecified atom stereocenters. The molecule has 4 N–H and O–H groups in total. The minimum absolute atomic E-state index is 0.188. The van der Waals surface area contributed by atoms with Crippen molar-refractivity contribution < 1.29 is 37.4 Å². The Morgan fingerprint density at radius 3 is 2.05 bits per heavy atom. The van der Waals surface area contributed by atoms with Gasteiger partial charge in [-0.15, -0.1) is 0 Å². The van der Waals surface area contributed by atoms with Crippen LogP contribution in [0.1, 0.15) is 45.4 Å². The lowest BCUT2D eigenvalue weighted by molar-refractivity contribution is -0.129. The molecule has 41 heavy (non-hydrogen) atoms. The van der Waals surface area contributed by atoms with Crippen LogP contribution in [0.2, 0.25) is 5.02 Å². The monoisotopic (exact) mass is 596 g/mol. The number of nitrogens with zero attached hydrogens (tertiary/aromatic N) is 1. The maximum Gasteiger partial charge on any atom is 0.386 e. The van der Waals surface area contributed by atoms with Crippen molar-refractivity contribution in [2.75, 3.05) is 17.2 Å². The predicted octanol–water partition coefficient (Wildman–Crippen LogP) is 7.96. The maximum absolute atomic E-state index is 12.2. The SMILES string of the molecule is CC(F)(F)F.O=C(CCCCCCCOc1cc(Oc2ccc(NC(=O)Nc3ccc(Cl)cc3)cc2)ccn1)NO. The van der Waals surface area contributed by atoms with Gasteiger partial charge in [-0.3, -0.25) is 10.0 Å². The van der Waals surface area contributed by atoms with Crippen molar-refractivity contribution in [1.29, 1.82) is 0 Å². The van der Waals surface area contributed by atoms with Gasteiger partial charge in [-0.25, -0.2) is 15.3 Å². The van der Waals surface area contributed by atoms with Gasteiger partial charge in [0, 0.05) is 42.0 Å². The van der Waals surface area contributed by atoms with E-state index in [0.717, 1.165) is 32.1 Å². The number of ether oxygens (including phenoxy) is 2. The first-order valence-corrected chi connectivity index (χ1v) is 13.1. The lowest BCUT2D eigenvalue weighted by Gasteiger charge is -2.10. The number of benzene rings is 2. The molecule has 0 saturated carbocycles. The van der Waals surface area contributed by atoms with Crippen LogP contribution in [0, 0.1) is 0 Å². The molecule has 0 aliphatic rings. The Morgan fingerprint density at radius 1 is 0.878 bits per heavy atom. The van der Waals surface area contributed by atoms with Crippen LogP contribution in [0.5, 0.6) is 17.4 Å². The van der Waals surface area contributed by atoms with E-state index >= 15 is 0 Å². The Labute approximate surface area is 241 Å². The molecule has 3 aromatic rings. The smallest absolute Gasteiger partial charge is 0.386 e. The molecule has 3 rings (SSSR count). The number of anilines is 2. The van der Waals surface area contributed by atoms with E-state index in [0.29, 0.717) is 46.8 Å². The molecule has 0 atom stereocenters. The summed E-state index contributed by atoms with van der Waals surface area (Å²) in [6.45, 7) is 0.721. The Kier molecular flexibility index (Phi) is 14.3. The summed E-state index contributed by atoms with van der Waals surface area (Å²) in [6.07, 6.45) is 2.48. The number of hydrogen-bond acceptors (Lipinski definition) is 6. The Balaban J connectivity index is 0.00000108. The fourth-order valence-electron chi connectivity index (χ4n) is 3.25. The van der Waals surface area contributed by atoms with Gasteiger partial charge in [0.1, 0.15) is 11.5 Å². The third-order valence-corrected chi connectivity index (χ3v) is 5.33. The largest absolute Gasteiger partial charge is 0.478 e. The first-order chi connectivity index (χ1) is 19.5. The summed E-state index contributed by atoms with van der Waals surface area (Å²) >= 11 is 5.85. The van der Waals surface area contributed by atoms with Crippen LogP contribution in [-0.2, 0) is 4.79 Å². The van der Waals surface area contributed by atoms with Gasteiger partial charge in [0.15, 0.2) is 0 Å². The first kappa shape index (κ1) is 33.2. The second-order valence-electron chi connectivity index (χ2n) is 8.72. The summed E-state index contributed by atoms with van der Waals surface area (Å²) in [6, 6.07) is 16.9. The lowest BCUT2D eigenvalue weighted by Crippen LogP contribution is -2.19. The van der Waals surface area contributed by atoms with Crippen molar-refractivity contribution in [2.45, 2.75) is 51.6 Å². The van der Waals surface area contributed by atoms with Gasteiger partial charge < -0.3 is 20.1 Å². The number of carbonyl (C=O) groups excluding carboxylic acids is 2. The van der Waals surface area contributed by atoms with Crippen LogP contribution in [0.15, 0.2) is 66.9 Å². The van der Waals surface area contributed by atoms with E-state index in [1.54, 1.807) is 72.3 Å². The van der Waals surface area contributed by atoms with Gasteiger partial charge in [-0.2, -0.15) is 13.2 Å². The van der Waals surface area contributed by atoms with Crippen molar-refractivity contribution in [3.05, 3.63) is 71.9 Å². The minimum Gasteiger partial charge on any atom is -0.478 e. The molecule has 3 amide bonds. The van der Waals surface area contributed by atoms with E-state index in [1.165, 1.54) is 0 Å². The molecule has 13 heteroatoms. The molecule has 0 aliphatic carbocycles. The van der Waals surface area contributed by atoms with E-state index in [2.05, 4.69) is 15.6 Å². The molecule has 0 aliphatic heterocycles. The van der Waals surface area contributed by atoms with Crippen LogP contribution in [0.3, 0.4) is 0 Å². The first-order valence-electron chi connectivity index (χ1n) is 12.7. The van der Waals surface area contributed by atoms with Crippen LogP contribution in [-0.4, -0.2) is 34.9 Å². The topological polar surface area (TPSA) is 122 Å². The van der Waals surface area contributed by atoms with E-state index in [4.69, 9.17) is 26.3 Å². The molecule has 0 spiro atoms. The van der Waals surface area contributed by atoms with Crippen molar-refractivity contribution in [1.82, 2.24) is 10.5 Å². The van der Waals surface area contributed by atoms with Crippen molar-refractivity contribution in [2.24, 2.45) is 0 Å². The van der Waals surface area contributed by atoms with Gasteiger partial charge in [-0.05, 0) is 67.4 Å².